The van der Waals surface area contributed by atoms with E-state index in [1.165, 1.54) is 0 Å². The highest BCUT2D eigenvalue weighted by molar-refractivity contribution is 7.86. The van der Waals surface area contributed by atoms with Crippen LogP contribution in [-0.2, 0) is 19.9 Å². The van der Waals surface area contributed by atoms with Crippen molar-refractivity contribution in [3.63, 3.8) is 0 Å². The molecule has 21 heavy (non-hydrogen) atoms. The summed E-state index contributed by atoms with van der Waals surface area (Å²) >= 11 is 0. The lowest BCUT2D eigenvalue weighted by molar-refractivity contribution is 0.115. The Morgan fingerprint density at radius 2 is 1.29 bits per heavy atom. The number of benzene rings is 2. The molecule has 0 saturated heterocycles. The second-order valence-electron chi connectivity index (χ2n) is 4.84. The van der Waals surface area contributed by atoms with Crippen molar-refractivity contribution in [2.45, 2.75) is 25.9 Å². The molecule has 0 amide bonds. The van der Waals surface area contributed by atoms with Gasteiger partial charge in [-0.25, -0.2) is 0 Å². The average Bonchev–Trinajstić information content (AvgIpc) is 2.54. The van der Waals surface area contributed by atoms with Crippen LogP contribution in [0.4, 0.5) is 0 Å². The maximum absolute atomic E-state index is 12.1. The third kappa shape index (κ3) is 3.34. The Balaban J connectivity index is 2.63. The third-order valence-electron chi connectivity index (χ3n) is 3.60. The molecule has 0 atom stereocenters. The van der Waals surface area contributed by atoms with Crippen LogP contribution in [0.1, 0.15) is 31.4 Å². The lowest BCUT2D eigenvalue weighted by atomic mass is 9.84. The van der Waals surface area contributed by atoms with Crippen molar-refractivity contribution in [2.24, 2.45) is 0 Å². The summed E-state index contributed by atoms with van der Waals surface area (Å²) < 4.78 is 29.9. The minimum atomic E-state index is -3.59. The molecule has 2 aromatic rings. The highest BCUT2D eigenvalue weighted by atomic mass is 32.2. The Morgan fingerprint density at radius 3 is 1.62 bits per heavy atom. The maximum atomic E-state index is 12.1. The van der Waals surface area contributed by atoms with Gasteiger partial charge in [0, 0.05) is 0 Å². The quantitative estimate of drug-likeness (QED) is 0.764. The van der Waals surface area contributed by atoms with E-state index in [0.29, 0.717) is 6.42 Å². The average molecular weight is 304 g/mol. The van der Waals surface area contributed by atoms with Gasteiger partial charge in [-0.05, 0) is 24.5 Å². The van der Waals surface area contributed by atoms with Gasteiger partial charge >= 0.3 is 0 Å². The first-order valence-electron chi connectivity index (χ1n) is 7.08. The van der Waals surface area contributed by atoms with E-state index in [4.69, 9.17) is 4.18 Å². The molecule has 0 aliphatic heterocycles. The zero-order valence-corrected chi connectivity index (χ0v) is 13.1. The number of hydrogen-bond acceptors (Lipinski definition) is 3. The summed E-state index contributed by atoms with van der Waals surface area (Å²) in [5.74, 6) is -0.0472. The van der Waals surface area contributed by atoms with Crippen LogP contribution in [0.5, 0.6) is 0 Å². The van der Waals surface area contributed by atoms with Gasteiger partial charge in [0.05, 0.1) is 5.75 Å². The van der Waals surface area contributed by atoms with E-state index in [9.17, 15) is 8.42 Å². The first-order valence-corrected chi connectivity index (χ1v) is 8.66. The molecule has 0 spiro atoms. The molecule has 0 fully saturated rings. The summed E-state index contributed by atoms with van der Waals surface area (Å²) in [5, 5.41) is 0. The van der Waals surface area contributed by atoms with Gasteiger partial charge in [0.1, 0.15) is 5.60 Å². The Kier molecular flexibility index (Phi) is 4.80. The van der Waals surface area contributed by atoms with Gasteiger partial charge in [-0.15, -0.1) is 0 Å². The highest BCUT2D eigenvalue weighted by Crippen LogP contribution is 2.38. The first kappa shape index (κ1) is 15.7. The van der Waals surface area contributed by atoms with Crippen LogP contribution in [0.3, 0.4) is 0 Å². The lowest BCUT2D eigenvalue weighted by Crippen LogP contribution is -2.33. The predicted molar refractivity (Wildman–Crippen MR) is 84.5 cm³/mol. The third-order valence-corrected chi connectivity index (χ3v) is 4.85. The second-order valence-corrected chi connectivity index (χ2v) is 6.70. The molecule has 2 aromatic carbocycles. The number of hydrogen-bond donors (Lipinski definition) is 0. The minimum Gasteiger partial charge on any atom is -0.254 e. The zero-order valence-electron chi connectivity index (χ0n) is 12.3. The van der Waals surface area contributed by atoms with Crippen LogP contribution in [0.25, 0.3) is 0 Å². The topological polar surface area (TPSA) is 43.4 Å². The van der Waals surface area contributed by atoms with Gasteiger partial charge in [-0.2, -0.15) is 8.42 Å². The molecule has 0 heterocycles. The van der Waals surface area contributed by atoms with Gasteiger partial charge < -0.3 is 0 Å². The molecule has 2 rings (SSSR count). The van der Waals surface area contributed by atoms with Crippen LogP contribution in [0, 0.1) is 0 Å². The minimum absolute atomic E-state index is 0.0472. The molecule has 3 nitrogen and oxygen atoms in total. The summed E-state index contributed by atoms with van der Waals surface area (Å²) in [6.45, 7) is 3.52. The first-order chi connectivity index (χ1) is 10.0. The lowest BCUT2D eigenvalue weighted by Gasteiger charge is -2.33. The molecular weight excluding hydrogens is 284 g/mol. The fourth-order valence-corrected chi connectivity index (χ4v) is 3.28. The van der Waals surface area contributed by atoms with E-state index < -0.39 is 15.7 Å². The summed E-state index contributed by atoms with van der Waals surface area (Å²) in [5.41, 5.74) is 0.712. The fourth-order valence-electron chi connectivity index (χ4n) is 2.42. The molecule has 4 heteroatoms. The van der Waals surface area contributed by atoms with Crippen molar-refractivity contribution >= 4 is 10.1 Å². The fraction of sp³-hybridized carbons (Fsp3) is 0.294. The monoisotopic (exact) mass is 304 g/mol. The van der Waals surface area contributed by atoms with Crippen molar-refractivity contribution in [1.82, 2.24) is 0 Å². The molecule has 0 unspecified atom stereocenters. The van der Waals surface area contributed by atoms with E-state index in [1.54, 1.807) is 6.92 Å². The van der Waals surface area contributed by atoms with Gasteiger partial charge in [-0.3, -0.25) is 4.18 Å². The van der Waals surface area contributed by atoms with E-state index in [0.717, 1.165) is 11.1 Å². The van der Waals surface area contributed by atoms with Crippen LogP contribution in [0.15, 0.2) is 60.7 Å². The zero-order chi connectivity index (χ0) is 15.3. The predicted octanol–water partition coefficient (Wildman–Crippen LogP) is 3.71. The standard InChI is InChI=1S/C17H20O3S/c1-3-17(20-21(18,19)4-2,15-11-7-5-8-12-15)16-13-9-6-10-14-16/h5-14H,3-4H2,1-2H3. The summed E-state index contributed by atoms with van der Waals surface area (Å²) in [6.07, 6.45) is 0.528. The van der Waals surface area contributed by atoms with Crippen molar-refractivity contribution in [3.05, 3.63) is 71.8 Å². The van der Waals surface area contributed by atoms with Gasteiger partial charge in [0.2, 0.25) is 0 Å². The molecule has 112 valence electrons. The summed E-state index contributed by atoms with van der Waals surface area (Å²) in [7, 11) is -3.59. The van der Waals surface area contributed by atoms with E-state index in [2.05, 4.69) is 0 Å². The van der Waals surface area contributed by atoms with Crippen molar-refractivity contribution in [2.75, 3.05) is 5.75 Å². The SMILES string of the molecule is CCC(OS(=O)(=O)CC)(c1ccccc1)c1ccccc1. The van der Waals surface area contributed by atoms with Crippen LogP contribution < -0.4 is 0 Å². The van der Waals surface area contributed by atoms with Crippen molar-refractivity contribution < 1.29 is 12.6 Å². The second kappa shape index (κ2) is 6.41. The van der Waals surface area contributed by atoms with Crippen molar-refractivity contribution in [1.29, 1.82) is 0 Å². The summed E-state index contributed by atoms with van der Waals surface area (Å²) in [4.78, 5) is 0. The largest absolute Gasteiger partial charge is 0.268 e. The van der Waals surface area contributed by atoms with Gasteiger partial charge in [0.25, 0.3) is 10.1 Å². The van der Waals surface area contributed by atoms with E-state index in [-0.39, 0.29) is 5.75 Å². The molecule has 0 aromatic heterocycles. The van der Waals surface area contributed by atoms with Crippen LogP contribution in [-0.4, -0.2) is 14.2 Å². The molecular formula is C17H20O3S. The molecule has 0 aliphatic carbocycles. The van der Waals surface area contributed by atoms with E-state index in [1.807, 2.05) is 67.6 Å². The Labute approximate surface area is 126 Å². The maximum Gasteiger partial charge on any atom is 0.268 e. The Morgan fingerprint density at radius 1 is 0.857 bits per heavy atom. The Hall–Kier alpha value is -1.65. The number of rotatable bonds is 6. The van der Waals surface area contributed by atoms with Gasteiger partial charge in [0.15, 0.2) is 0 Å². The van der Waals surface area contributed by atoms with Crippen LogP contribution >= 0.6 is 0 Å². The Bertz CT molecular complexity index is 624. The normalized spacial score (nSPS) is 12.3. The molecule has 0 N–H and O–H groups in total. The van der Waals surface area contributed by atoms with Crippen molar-refractivity contribution in [3.8, 4) is 0 Å². The molecule has 0 saturated carbocycles. The molecule has 0 radical (unpaired) electrons. The van der Waals surface area contributed by atoms with Gasteiger partial charge in [-0.1, -0.05) is 67.6 Å². The van der Waals surface area contributed by atoms with E-state index >= 15 is 0 Å². The smallest absolute Gasteiger partial charge is 0.254 e. The highest BCUT2D eigenvalue weighted by Gasteiger charge is 2.37. The van der Waals surface area contributed by atoms with Crippen LogP contribution in [0.2, 0.25) is 0 Å². The summed E-state index contributed by atoms with van der Waals surface area (Å²) in [6, 6.07) is 19.0. The molecule has 0 bridgehead atoms. The molecule has 0 aliphatic rings.